The van der Waals surface area contributed by atoms with Gasteiger partial charge in [0, 0.05) is 11.8 Å². The highest BCUT2D eigenvalue weighted by molar-refractivity contribution is 6.29. The van der Waals surface area contributed by atoms with Gasteiger partial charge in [-0.2, -0.15) is 0 Å². The summed E-state index contributed by atoms with van der Waals surface area (Å²) in [4.78, 5) is 25.9. The Balaban J connectivity index is 1.52. The highest BCUT2D eigenvalue weighted by Gasteiger charge is 2.92. The number of halogens is 1. The molecule has 45 heavy (non-hydrogen) atoms. The molecule has 0 amide bonds. The van der Waals surface area contributed by atoms with E-state index < -0.39 is 68.7 Å². The smallest absolute Gasteiger partial charge is 0.349 e. The number of esters is 2. The van der Waals surface area contributed by atoms with Gasteiger partial charge in [0.1, 0.15) is 46.7 Å². The number of hydrogen-bond donors (Lipinski definition) is 4. The van der Waals surface area contributed by atoms with Gasteiger partial charge in [-0.25, -0.2) is 4.79 Å². The van der Waals surface area contributed by atoms with Crippen LogP contribution in [0.3, 0.4) is 0 Å². The molecule has 8 rings (SSSR count). The van der Waals surface area contributed by atoms with Crippen LogP contribution in [0.2, 0.25) is 0 Å². The molecular weight excluding hydrogens is 608 g/mol. The van der Waals surface area contributed by atoms with Gasteiger partial charge in [0.15, 0.2) is 15.9 Å². The number of carbonyl (C=O) groups is 2. The van der Waals surface area contributed by atoms with E-state index in [1.54, 1.807) is 19.9 Å². The predicted molar refractivity (Wildman–Crippen MR) is 157 cm³/mol. The molecule has 7 aliphatic rings. The van der Waals surface area contributed by atoms with Crippen LogP contribution in [0.5, 0.6) is 11.5 Å². The number of aromatic hydroxyl groups is 1. The Bertz CT molecular complexity index is 1710. The van der Waals surface area contributed by atoms with Crippen molar-refractivity contribution in [3.63, 3.8) is 0 Å². The number of carbonyl (C=O) groups excluding carboxylic acids is 2. The van der Waals surface area contributed by atoms with Crippen LogP contribution in [0.15, 0.2) is 58.9 Å². The molecule has 9 atom stereocenters. The molecule has 1 saturated heterocycles. The van der Waals surface area contributed by atoms with Crippen molar-refractivity contribution in [2.24, 2.45) is 10.8 Å². The average Bonchev–Trinajstić information content (AvgIpc) is 3.70. The molecule has 2 heterocycles. The van der Waals surface area contributed by atoms with Crippen LogP contribution in [0, 0.1) is 17.8 Å². The highest BCUT2D eigenvalue weighted by Crippen LogP contribution is 2.78. The standard InChI is InChI=1S/C33H35ClO11/c1-15(2)7-8-30-24(37)17(11-20(36)25(30)44-30)18-12-28(4)14-29(27(39)42-6)13-22(41-5)31(28,34)32(18,40)33(29)43-21-10-16(3)9-19(35)23(21)26(38)45-33/h7,9-13,20,24-25,35-37,40H,8,14H2,1-6H3/t20-,24+,25-,28+,29+,30+,31+,32-,33+/m0/s1. The van der Waals surface area contributed by atoms with E-state index in [1.807, 2.05) is 19.9 Å². The maximum absolute atomic E-state index is 14.0. The third kappa shape index (κ3) is 3.20. The zero-order valence-corrected chi connectivity index (χ0v) is 26.4. The van der Waals surface area contributed by atoms with Gasteiger partial charge in [-0.1, -0.05) is 24.6 Å². The number of aryl methyl sites for hydroxylation is 1. The lowest BCUT2D eigenvalue weighted by Gasteiger charge is -2.67. The van der Waals surface area contributed by atoms with Crippen LogP contribution in [-0.2, 0) is 23.7 Å². The Morgan fingerprint density at radius 1 is 1.18 bits per heavy atom. The third-order valence-electron chi connectivity index (χ3n) is 10.6. The second kappa shape index (κ2) is 8.92. The summed E-state index contributed by atoms with van der Waals surface area (Å²) < 4.78 is 29.6. The fraction of sp³-hybridized carbons (Fsp3) is 0.515. The molecular formula is C33H35ClO11. The fourth-order valence-corrected chi connectivity index (χ4v) is 9.06. The van der Waals surface area contributed by atoms with Crippen LogP contribution in [0.4, 0.5) is 0 Å². The second-order valence-corrected chi connectivity index (χ2v) is 14.0. The molecule has 12 heteroatoms. The molecule has 1 aromatic carbocycles. The first kappa shape index (κ1) is 30.3. The first-order chi connectivity index (χ1) is 21.0. The first-order valence-electron chi connectivity index (χ1n) is 14.7. The molecule has 2 fully saturated rings. The topological polar surface area (TPSA) is 165 Å². The summed E-state index contributed by atoms with van der Waals surface area (Å²) in [5.74, 6) is -5.21. The number of epoxide rings is 1. The molecule has 240 valence electrons. The van der Waals surface area contributed by atoms with E-state index in [0.717, 1.165) is 12.7 Å². The summed E-state index contributed by atoms with van der Waals surface area (Å²) in [6, 6.07) is 2.83. The number of aliphatic hydroxyl groups is 3. The molecule has 4 N–H and O–H groups in total. The van der Waals surface area contributed by atoms with Gasteiger partial charge < -0.3 is 44.1 Å². The Morgan fingerprint density at radius 3 is 2.53 bits per heavy atom. The SMILES string of the molecule is COC(=O)[C@@]12C=C(OC)[C@]3(Cl)[C@@](O)(C(C4=C[C@H](O)[C@@H]5O[C@]5(CC=C(C)C)[C@@H]4O)=C[C@]3(C)C1)[C@]21OC(=O)c2c(O)cc(C)cc2O1. The zero-order valence-electron chi connectivity index (χ0n) is 25.6. The molecule has 0 aromatic heterocycles. The molecule has 0 radical (unpaired) electrons. The van der Waals surface area contributed by atoms with E-state index in [4.69, 9.17) is 35.3 Å². The lowest BCUT2D eigenvalue weighted by Crippen LogP contribution is -2.85. The van der Waals surface area contributed by atoms with Crippen molar-refractivity contribution >= 4 is 23.5 Å². The van der Waals surface area contributed by atoms with E-state index in [0.29, 0.717) is 5.56 Å². The van der Waals surface area contributed by atoms with Crippen molar-refractivity contribution in [3.05, 3.63) is 70.0 Å². The summed E-state index contributed by atoms with van der Waals surface area (Å²) in [6.07, 6.45) is 3.09. The van der Waals surface area contributed by atoms with Crippen molar-refractivity contribution in [1.82, 2.24) is 0 Å². The van der Waals surface area contributed by atoms with Crippen LogP contribution in [-0.4, -0.2) is 86.8 Å². The minimum Gasteiger partial charge on any atom is -0.507 e. The summed E-state index contributed by atoms with van der Waals surface area (Å²) in [6.45, 7) is 7.18. The number of aliphatic hydroxyl groups excluding tert-OH is 2. The molecule has 1 saturated carbocycles. The van der Waals surface area contributed by atoms with Crippen molar-refractivity contribution in [2.45, 2.75) is 80.7 Å². The minimum absolute atomic E-state index is 0.00789. The summed E-state index contributed by atoms with van der Waals surface area (Å²) in [7, 11) is 2.49. The number of rotatable bonds is 5. The van der Waals surface area contributed by atoms with E-state index in [2.05, 4.69) is 0 Å². The van der Waals surface area contributed by atoms with E-state index in [-0.39, 0.29) is 41.1 Å². The van der Waals surface area contributed by atoms with Crippen LogP contribution in [0.1, 0.15) is 49.5 Å². The summed E-state index contributed by atoms with van der Waals surface area (Å²) in [5, 5.41) is 47.3. The van der Waals surface area contributed by atoms with Crippen molar-refractivity contribution in [3.8, 4) is 11.5 Å². The molecule has 4 bridgehead atoms. The Kier molecular flexibility index (Phi) is 6.01. The number of alkyl halides is 1. The van der Waals surface area contributed by atoms with Gasteiger partial charge >= 0.3 is 17.7 Å². The number of benzene rings is 1. The van der Waals surface area contributed by atoms with Crippen LogP contribution in [0.25, 0.3) is 0 Å². The number of ether oxygens (including phenoxy) is 5. The number of hydrogen-bond acceptors (Lipinski definition) is 11. The van der Waals surface area contributed by atoms with Crippen molar-refractivity contribution in [1.29, 1.82) is 0 Å². The van der Waals surface area contributed by atoms with Gasteiger partial charge in [0.25, 0.3) is 0 Å². The molecule has 5 aliphatic carbocycles. The molecule has 1 spiro atoms. The van der Waals surface area contributed by atoms with Gasteiger partial charge in [-0.15, -0.1) is 11.6 Å². The number of phenols is 1. The molecule has 11 nitrogen and oxygen atoms in total. The van der Waals surface area contributed by atoms with Crippen LogP contribution < -0.4 is 4.74 Å². The Hall–Kier alpha value is -3.35. The average molecular weight is 643 g/mol. The number of allylic oxidation sites excluding steroid dienone is 2. The van der Waals surface area contributed by atoms with Gasteiger partial charge in [-0.05, 0) is 68.2 Å². The molecule has 2 aliphatic heterocycles. The van der Waals surface area contributed by atoms with E-state index in [1.165, 1.54) is 31.4 Å². The first-order valence-corrected chi connectivity index (χ1v) is 15.1. The third-order valence-corrected chi connectivity index (χ3v) is 11.5. The zero-order chi connectivity index (χ0) is 32.7. The molecule has 1 aromatic rings. The lowest BCUT2D eigenvalue weighted by atomic mass is 9.46. The quantitative estimate of drug-likeness (QED) is 0.162. The minimum atomic E-state index is -2.65. The van der Waals surface area contributed by atoms with E-state index >= 15 is 0 Å². The van der Waals surface area contributed by atoms with Gasteiger partial charge in [0.05, 0.1) is 14.2 Å². The van der Waals surface area contributed by atoms with Crippen molar-refractivity contribution in [2.75, 3.05) is 14.2 Å². The van der Waals surface area contributed by atoms with Gasteiger partial charge in [-0.3, -0.25) is 4.79 Å². The highest BCUT2D eigenvalue weighted by atomic mass is 35.5. The summed E-state index contributed by atoms with van der Waals surface area (Å²) in [5.41, 5.74) is -5.96. The number of phenolic OH excluding ortho intramolecular Hbond substituents is 1. The second-order valence-electron chi connectivity index (χ2n) is 13.5. The number of methoxy groups -OCH3 is 2. The molecule has 0 unspecified atom stereocenters. The lowest BCUT2D eigenvalue weighted by molar-refractivity contribution is -0.331. The van der Waals surface area contributed by atoms with E-state index in [9.17, 15) is 30.0 Å². The monoisotopic (exact) mass is 642 g/mol. The van der Waals surface area contributed by atoms with Crippen molar-refractivity contribution < 1.29 is 53.7 Å². The largest absolute Gasteiger partial charge is 0.507 e. The van der Waals surface area contributed by atoms with Gasteiger partial charge in [0.2, 0.25) is 0 Å². The normalized spacial score (nSPS) is 43.2. The van der Waals surface area contributed by atoms with Crippen LogP contribution >= 0.6 is 11.6 Å². The maximum atomic E-state index is 14.0. The summed E-state index contributed by atoms with van der Waals surface area (Å²) >= 11 is 7.58. The Morgan fingerprint density at radius 2 is 1.89 bits per heavy atom. The Labute approximate surface area is 264 Å². The predicted octanol–water partition coefficient (Wildman–Crippen LogP) is 2.86. The number of fused-ring (bicyclic) bond motifs is 2. The fourth-order valence-electron chi connectivity index (χ4n) is 8.58. The maximum Gasteiger partial charge on any atom is 0.349 e.